The summed E-state index contributed by atoms with van der Waals surface area (Å²) in [5.74, 6) is 0. The van der Waals surface area contributed by atoms with Gasteiger partial charge >= 0.3 is 17.1 Å². The van der Waals surface area contributed by atoms with E-state index in [1.165, 1.54) is 0 Å². The summed E-state index contributed by atoms with van der Waals surface area (Å²) in [6.45, 7) is 28.9. The van der Waals surface area contributed by atoms with E-state index in [1.54, 1.807) is 22.8 Å². The SMILES string of the molecule is C=C[Si](C=C)(O[Si](C)(C)CC)O[Si](C=C)(C=C)O[Si](C)(C)CC. The molecule has 0 aromatic carbocycles. The van der Waals surface area contributed by atoms with E-state index in [0.29, 0.717) is 0 Å². The minimum Gasteiger partial charge on any atom is -0.430 e. The average Bonchev–Trinajstić information content (AvgIpc) is 2.53. The Bertz CT molecular complexity index is 391. The summed E-state index contributed by atoms with van der Waals surface area (Å²) in [6.07, 6.45) is 0. The van der Waals surface area contributed by atoms with Crippen LogP contribution in [0.5, 0.6) is 0 Å². The van der Waals surface area contributed by atoms with Crippen LogP contribution < -0.4 is 0 Å². The Morgan fingerprint density at radius 3 is 1.04 bits per heavy atom. The first-order chi connectivity index (χ1) is 10.5. The molecule has 0 saturated heterocycles. The topological polar surface area (TPSA) is 27.7 Å². The molecule has 0 heterocycles. The molecule has 0 N–H and O–H groups in total. The molecule has 0 spiro atoms. The molecule has 7 heteroatoms. The highest BCUT2D eigenvalue weighted by Crippen LogP contribution is 2.28. The van der Waals surface area contributed by atoms with Crippen LogP contribution in [0.15, 0.2) is 49.1 Å². The molecule has 0 aromatic heterocycles. The van der Waals surface area contributed by atoms with Crippen molar-refractivity contribution in [2.24, 2.45) is 0 Å². The lowest BCUT2D eigenvalue weighted by Crippen LogP contribution is -2.58. The Labute approximate surface area is 147 Å². The predicted octanol–water partition coefficient (Wildman–Crippen LogP) is 5.27. The quantitative estimate of drug-likeness (QED) is 0.427. The second-order valence-electron chi connectivity index (χ2n) is 6.79. The summed E-state index contributed by atoms with van der Waals surface area (Å²) < 4.78 is 19.5. The zero-order valence-electron chi connectivity index (χ0n) is 15.8. The zero-order valence-corrected chi connectivity index (χ0v) is 19.8. The fourth-order valence-electron chi connectivity index (χ4n) is 1.80. The van der Waals surface area contributed by atoms with Crippen molar-refractivity contribution in [1.29, 1.82) is 0 Å². The van der Waals surface area contributed by atoms with Crippen molar-refractivity contribution in [1.82, 2.24) is 0 Å². The van der Waals surface area contributed by atoms with Gasteiger partial charge in [-0.25, -0.2) is 0 Å². The smallest absolute Gasteiger partial charge is 0.372 e. The van der Waals surface area contributed by atoms with Crippen LogP contribution in [0.3, 0.4) is 0 Å². The molecule has 0 aliphatic carbocycles. The molecule has 0 fully saturated rings. The molecule has 0 saturated carbocycles. The van der Waals surface area contributed by atoms with Crippen LogP contribution in [0.25, 0.3) is 0 Å². The first kappa shape index (κ1) is 22.7. The van der Waals surface area contributed by atoms with Gasteiger partial charge in [0, 0.05) is 0 Å². The lowest BCUT2D eigenvalue weighted by Gasteiger charge is -2.41. The zero-order chi connectivity index (χ0) is 18.4. The Morgan fingerprint density at radius 2 is 0.870 bits per heavy atom. The van der Waals surface area contributed by atoms with Crippen LogP contribution in [-0.2, 0) is 12.3 Å². The highest BCUT2D eigenvalue weighted by Gasteiger charge is 2.47. The minimum atomic E-state index is -2.78. The third kappa shape index (κ3) is 6.61. The Hall–Kier alpha value is -0.292. The predicted molar refractivity (Wildman–Crippen MR) is 111 cm³/mol. The molecule has 0 aliphatic heterocycles. The molecule has 0 radical (unpaired) electrons. The van der Waals surface area contributed by atoms with E-state index in [4.69, 9.17) is 12.3 Å². The van der Waals surface area contributed by atoms with E-state index < -0.39 is 33.8 Å². The van der Waals surface area contributed by atoms with E-state index in [2.05, 4.69) is 66.4 Å². The van der Waals surface area contributed by atoms with Gasteiger partial charge in [-0.2, -0.15) is 0 Å². The van der Waals surface area contributed by atoms with Crippen molar-refractivity contribution >= 4 is 33.8 Å². The molecule has 0 aliphatic rings. The minimum absolute atomic E-state index is 1.000. The summed E-state index contributed by atoms with van der Waals surface area (Å²) in [7, 11) is -9.25. The van der Waals surface area contributed by atoms with Crippen molar-refractivity contribution in [3.8, 4) is 0 Å². The monoisotopic (exact) mass is 386 g/mol. The number of rotatable bonds is 12. The Morgan fingerprint density at radius 1 is 0.609 bits per heavy atom. The van der Waals surface area contributed by atoms with Crippen molar-refractivity contribution in [3.63, 3.8) is 0 Å². The van der Waals surface area contributed by atoms with Gasteiger partial charge in [0.25, 0.3) is 0 Å². The van der Waals surface area contributed by atoms with E-state index >= 15 is 0 Å². The van der Waals surface area contributed by atoms with E-state index in [9.17, 15) is 0 Å². The van der Waals surface area contributed by atoms with Gasteiger partial charge in [-0.1, -0.05) is 13.8 Å². The highest BCUT2D eigenvalue weighted by molar-refractivity contribution is 6.97. The second-order valence-corrected chi connectivity index (χ2v) is 22.2. The molecule has 23 heavy (non-hydrogen) atoms. The summed E-state index contributed by atoms with van der Waals surface area (Å²) in [6, 6.07) is 2.00. The molecule has 0 amide bonds. The number of hydrogen-bond donors (Lipinski definition) is 0. The number of hydrogen-bond acceptors (Lipinski definition) is 3. The molecule has 0 rings (SSSR count). The molecule has 0 bridgehead atoms. The molecule has 0 atom stereocenters. The highest BCUT2D eigenvalue weighted by atomic mass is 28.5. The van der Waals surface area contributed by atoms with Crippen LogP contribution in [0.4, 0.5) is 0 Å². The lowest BCUT2D eigenvalue weighted by atomic mass is 11.0. The van der Waals surface area contributed by atoms with E-state index in [0.717, 1.165) is 12.1 Å². The van der Waals surface area contributed by atoms with Gasteiger partial charge in [-0.15, -0.1) is 26.3 Å². The van der Waals surface area contributed by atoms with Gasteiger partial charge in [-0.05, 0) is 61.1 Å². The third-order valence-corrected chi connectivity index (χ3v) is 19.2. The molecule has 3 nitrogen and oxygen atoms in total. The van der Waals surface area contributed by atoms with Gasteiger partial charge in [0.1, 0.15) is 0 Å². The molecular weight excluding hydrogens is 353 g/mol. The van der Waals surface area contributed by atoms with Crippen LogP contribution in [-0.4, -0.2) is 33.8 Å². The Balaban J connectivity index is 5.73. The van der Waals surface area contributed by atoms with Crippen molar-refractivity contribution < 1.29 is 12.3 Å². The standard InChI is InChI=1S/C16H34O3Si4/c1-11-20(7,8)17-22(13-3,14-4)19-23(15-5,16-6)18-21(9,10)12-2/h13-16H,3-6,11-12H2,1-2,7-10H3. The van der Waals surface area contributed by atoms with Crippen LogP contribution in [0.1, 0.15) is 13.8 Å². The normalized spacial score (nSPS) is 13.5. The maximum absolute atomic E-state index is 6.53. The fourth-order valence-corrected chi connectivity index (χ4v) is 15.9. The largest absolute Gasteiger partial charge is 0.430 e. The molecular formula is C16H34O3Si4. The summed E-state index contributed by atoms with van der Waals surface area (Å²) in [5.41, 5.74) is 7.18. The Kier molecular flexibility index (Phi) is 8.59. The third-order valence-electron chi connectivity index (χ3n) is 4.03. The summed E-state index contributed by atoms with van der Waals surface area (Å²) >= 11 is 0. The van der Waals surface area contributed by atoms with Crippen LogP contribution in [0, 0.1) is 0 Å². The van der Waals surface area contributed by atoms with E-state index in [1.807, 2.05) is 0 Å². The van der Waals surface area contributed by atoms with Gasteiger partial charge < -0.3 is 12.3 Å². The van der Waals surface area contributed by atoms with Gasteiger partial charge in [0.15, 0.2) is 16.6 Å². The first-order valence-electron chi connectivity index (χ1n) is 8.13. The fraction of sp³-hybridized carbons (Fsp3) is 0.500. The van der Waals surface area contributed by atoms with Crippen LogP contribution >= 0.6 is 0 Å². The second kappa shape index (κ2) is 8.70. The van der Waals surface area contributed by atoms with Crippen molar-refractivity contribution in [2.45, 2.75) is 52.1 Å². The summed E-state index contributed by atoms with van der Waals surface area (Å²) in [4.78, 5) is 0. The maximum Gasteiger partial charge on any atom is 0.372 e. The van der Waals surface area contributed by atoms with Gasteiger partial charge in [-0.3, -0.25) is 0 Å². The summed E-state index contributed by atoms with van der Waals surface area (Å²) in [5, 5.41) is 0. The average molecular weight is 387 g/mol. The van der Waals surface area contributed by atoms with Crippen molar-refractivity contribution in [3.05, 3.63) is 49.1 Å². The van der Waals surface area contributed by atoms with Gasteiger partial charge in [0.05, 0.1) is 0 Å². The van der Waals surface area contributed by atoms with Crippen LogP contribution in [0.2, 0.25) is 38.3 Å². The van der Waals surface area contributed by atoms with Gasteiger partial charge in [0.2, 0.25) is 0 Å². The molecule has 132 valence electrons. The molecule has 0 aromatic rings. The van der Waals surface area contributed by atoms with Crippen molar-refractivity contribution in [2.75, 3.05) is 0 Å². The maximum atomic E-state index is 6.53. The van der Waals surface area contributed by atoms with E-state index in [-0.39, 0.29) is 0 Å². The molecule has 0 unspecified atom stereocenters. The lowest BCUT2D eigenvalue weighted by molar-refractivity contribution is 0.348. The first-order valence-corrected chi connectivity index (χ1v) is 18.3.